The van der Waals surface area contributed by atoms with Crippen LogP contribution in [0.3, 0.4) is 0 Å². The van der Waals surface area contributed by atoms with Crippen molar-refractivity contribution in [3.05, 3.63) is 47.6 Å². The van der Waals surface area contributed by atoms with Gasteiger partial charge in [-0.25, -0.2) is 0 Å². The van der Waals surface area contributed by atoms with Crippen LogP contribution in [-0.4, -0.2) is 58.8 Å². The average Bonchev–Trinajstić information content (AvgIpc) is 3.40. The number of hydrogen-bond acceptors (Lipinski definition) is 6. The van der Waals surface area contributed by atoms with E-state index in [1.807, 2.05) is 0 Å². The molecule has 3 saturated heterocycles. The van der Waals surface area contributed by atoms with Crippen LogP contribution in [0.25, 0.3) is 0 Å². The third kappa shape index (κ3) is 3.06. The first-order valence-electron chi connectivity index (χ1n) is 9.82. The summed E-state index contributed by atoms with van der Waals surface area (Å²) in [6.45, 7) is 5.37. The molecule has 1 aromatic carbocycles. The highest BCUT2D eigenvalue weighted by Crippen LogP contribution is 2.48. The van der Waals surface area contributed by atoms with Gasteiger partial charge in [-0.15, -0.1) is 0 Å². The standard InChI is InChI=1S/C20H26N4O2/c1-2-5-15(6-3-1)18-13-16(17-7-4-8-24(17)18)20-21-19(26-22-20)14-23-9-11-25-12-10-23/h1-3,5-6,16-18H,4,7-14H2/t16-,17+,18-/m1/s1. The fraction of sp³-hybridized carbons (Fsp3) is 0.600. The lowest BCUT2D eigenvalue weighted by Crippen LogP contribution is -2.35. The first kappa shape index (κ1) is 16.4. The first-order chi connectivity index (χ1) is 12.9. The quantitative estimate of drug-likeness (QED) is 0.841. The van der Waals surface area contributed by atoms with E-state index in [2.05, 4.69) is 45.3 Å². The highest BCUT2D eigenvalue weighted by molar-refractivity contribution is 5.24. The fourth-order valence-electron chi connectivity index (χ4n) is 4.88. The van der Waals surface area contributed by atoms with Crippen molar-refractivity contribution >= 4 is 0 Å². The minimum atomic E-state index is 0.380. The second kappa shape index (κ2) is 7.10. The van der Waals surface area contributed by atoms with Gasteiger partial charge >= 0.3 is 0 Å². The van der Waals surface area contributed by atoms with Gasteiger partial charge in [0.1, 0.15) is 0 Å². The Kier molecular flexibility index (Phi) is 4.48. The Balaban J connectivity index is 1.33. The molecular weight excluding hydrogens is 328 g/mol. The smallest absolute Gasteiger partial charge is 0.240 e. The molecule has 4 heterocycles. The van der Waals surface area contributed by atoms with E-state index in [0.717, 1.165) is 51.0 Å². The lowest BCUT2D eigenvalue weighted by atomic mass is 9.94. The van der Waals surface area contributed by atoms with E-state index in [1.165, 1.54) is 24.9 Å². The summed E-state index contributed by atoms with van der Waals surface area (Å²) >= 11 is 0. The molecule has 0 radical (unpaired) electrons. The molecule has 3 aliphatic rings. The summed E-state index contributed by atoms with van der Waals surface area (Å²) in [5, 5.41) is 4.38. The van der Waals surface area contributed by atoms with Crippen LogP contribution >= 0.6 is 0 Å². The van der Waals surface area contributed by atoms with Gasteiger partial charge in [0.25, 0.3) is 0 Å². The Bertz CT molecular complexity index is 728. The van der Waals surface area contributed by atoms with Gasteiger partial charge in [-0.05, 0) is 31.4 Å². The topological polar surface area (TPSA) is 54.6 Å². The summed E-state index contributed by atoms with van der Waals surface area (Å²) in [5.74, 6) is 2.03. The molecule has 6 heteroatoms. The molecule has 0 aliphatic carbocycles. The SMILES string of the molecule is c1ccc([C@H]2C[C@@H](c3noc(CN4CCOCC4)n3)[C@@H]3CCCN23)cc1. The zero-order valence-corrected chi connectivity index (χ0v) is 15.1. The predicted molar refractivity (Wildman–Crippen MR) is 96.7 cm³/mol. The third-order valence-electron chi connectivity index (χ3n) is 6.15. The number of hydrogen-bond donors (Lipinski definition) is 0. The van der Waals surface area contributed by atoms with E-state index < -0.39 is 0 Å². The predicted octanol–water partition coefficient (Wildman–Crippen LogP) is 2.59. The number of benzene rings is 1. The van der Waals surface area contributed by atoms with E-state index in [-0.39, 0.29) is 0 Å². The second-order valence-electron chi connectivity index (χ2n) is 7.65. The van der Waals surface area contributed by atoms with Crippen LogP contribution in [0, 0.1) is 0 Å². The number of rotatable bonds is 4. The third-order valence-corrected chi connectivity index (χ3v) is 6.15. The molecule has 0 saturated carbocycles. The Morgan fingerprint density at radius 3 is 2.77 bits per heavy atom. The molecular formula is C20H26N4O2. The van der Waals surface area contributed by atoms with Crippen LogP contribution in [-0.2, 0) is 11.3 Å². The molecule has 0 spiro atoms. The summed E-state index contributed by atoms with van der Waals surface area (Å²) < 4.78 is 11.0. The van der Waals surface area contributed by atoms with Crippen LogP contribution in [0.4, 0.5) is 0 Å². The van der Waals surface area contributed by atoms with Gasteiger partial charge < -0.3 is 9.26 Å². The zero-order valence-electron chi connectivity index (χ0n) is 15.1. The summed E-state index contributed by atoms with van der Waals surface area (Å²) in [6.07, 6.45) is 3.59. The van der Waals surface area contributed by atoms with E-state index in [0.29, 0.717) is 18.0 Å². The molecule has 0 N–H and O–H groups in total. The van der Waals surface area contributed by atoms with Gasteiger partial charge in [0, 0.05) is 31.1 Å². The Hall–Kier alpha value is -1.76. The zero-order chi connectivity index (χ0) is 17.3. The van der Waals surface area contributed by atoms with Gasteiger partial charge in [0.15, 0.2) is 5.82 Å². The molecule has 0 bridgehead atoms. The number of fused-ring (bicyclic) bond motifs is 1. The molecule has 3 aliphatic heterocycles. The lowest BCUT2D eigenvalue weighted by molar-refractivity contribution is 0.0297. The van der Waals surface area contributed by atoms with E-state index in [1.54, 1.807) is 0 Å². The van der Waals surface area contributed by atoms with Crippen molar-refractivity contribution in [3.8, 4) is 0 Å². The van der Waals surface area contributed by atoms with E-state index >= 15 is 0 Å². The molecule has 6 nitrogen and oxygen atoms in total. The number of morpholine rings is 1. The minimum absolute atomic E-state index is 0.380. The van der Waals surface area contributed by atoms with Crippen molar-refractivity contribution in [1.82, 2.24) is 19.9 Å². The highest BCUT2D eigenvalue weighted by Gasteiger charge is 2.46. The van der Waals surface area contributed by atoms with Crippen molar-refractivity contribution in [2.45, 2.75) is 43.8 Å². The molecule has 2 aromatic rings. The van der Waals surface area contributed by atoms with Gasteiger partial charge in [-0.3, -0.25) is 9.80 Å². The molecule has 0 unspecified atom stereocenters. The molecule has 138 valence electrons. The lowest BCUT2D eigenvalue weighted by Gasteiger charge is -2.24. The number of aromatic nitrogens is 2. The van der Waals surface area contributed by atoms with Crippen molar-refractivity contribution in [3.63, 3.8) is 0 Å². The van der Waals surface area contributed by atoms with Gasteiger partial charge in [0.05, 0.1) is 19.8 Å². The summed E-state index contributed by atoms with van der Waals surface area (Å²) in [4.78, 5) is 9.78. The summed E-state index contributed by atoms with van der Waals surface area (Å²) in [7, 11) is 0. The Morgan fingerprint density at radius 2 is 1.92 bits per heavy atom. The maximum Gasteiger partial charge on any atom is 0.240 e. The van der Waals surface area contributed by atoms with Gasteiger partial charge in [0.2, 0.25) is 5.89 Å². The Labute approximate surface area is 154 Å². The van der Waals surface area contributed by atoms with Crippen LogP contribution < -0.4 is 0 Å². The van der Waals surface area contributed by atoms with Crippen LogP contribution in [0.1, 0.15) is 48.5 Å². The molecule has 26 heavy (non-hydrogen) atoms. The minimum Gasteiger partial charge on any atom is -0.379 e. The average molecular weight is 354 g/mol. The second-order valence-corrected chi connectivity index (χ2v) is 7.65. The van der Waals surface area contributed by atoms with E-state index in [9.17, 15) is 0 Å². The molecule has 5 rings (SSSR count). The summed E-state index contributed by atoms with van der Waals surface area (Å²) in [6, 6.07) is 11.9. The normalized spacial score (nSPS) is 29.9. The summed E-state index contributed by atoms with van der Waals surface area (Å²) in [5.41, 5.74) is 1.42. The Morgan fingerprint density at radius 1 is 1.08 bits per heavy atom. The molecule has 3 fully saturated rings. The molecule has 0 amide bonds. The van der Waals surface area contributed by atoms with Crippen molar-refractivity contribution < 1.29 is 9.26 Å². The first-order valence-corrected chi connectivity index (χ1v) is 9.82. The fourth-order valence-corrected chi connectivity index (χ4v) is 4.88. The van der Waals surface area contributed by atoms with Crippen LogP contribution in [0.5, 0.6) is 0 Å². The largest absolute Gasteiger partial charge is 0.379 e. The molecule has 3 atom stereocenters. The van der Waals surface area contributed by atoms with E-state index in [4.69, 9.17) is 14.2 Å². The highest BCUT2D eigenvalue weighted by atomic mass is 16.5. The number of ether oxygens (including phenoxy) is 1. The maximum absolute atomic E-state index is 5.61. The van der Waals surface area contributed by atoms with Crippen molar-refractivity contribution in [2.24, 2.45) is 0 Å². The molecule has 1 aromatic heterocycles. The van der Waals surface area contributed by atoms with Gasteiger partial charge in [-0.1, -0.05) is 35.5 Å². The maximum atomic E-state index is 5.61. The number of nitrogens with zero attached hydrogens (tertiary/aromatic N) is 4. The monoisotopic (exact) mass is 354 g/mol. The van der Waals surface area contributed by atoms with Crippen molar-refractivity contribution in [1.29, 1.82) is 0 Å². The van der Waals surface area contributed by atoms with Crippen molar-refractivity contribution in [2.75, 3.05) is 32.8 Å². The van der Waals surface area contributed by atoms with Gasteiger partial charge in [-0.2, -0.15) is 4.98 Å². The van der Waals surface area contributed by atoms with Crippen LogP contribution in [0.2, 0.25) is 0 Å². The van der Waals surface area contributed by atoms with Crippen LogP contribution in [0.15, 0.2) is 34.9 Å².